The molecular formula is C20H34F4O. The smallest absolute Gasteiger partial charge is 0.295 e. The molecule has 0 radical (unpaired) electrons. The maximum Gasteiger partial charge on any atom is 0.307 e. The Balaban J connectivity index is 4.99. The van der Waals surface area contributed by atoms with Crippen molar-refractivity contribution in [3.8, 4) is 0 Å². The molecule has 0 saturated heterocycles. The van der Waals surface area contributed by atoms with Crippen molar-refractivity contribution in [2.45, 2.75) is 110 Å². The number of ketones is 1. The van der Waals surface area contributed by atoms with Crippen LogP contribution in [0.15, 0.2) is 11.1 Å². The third-order valence-electron chi connectivity index (χ3n) is 4.40. The molecule has 0 aromatic carbocycles. The van der Waals surface area contributed by atoms with Gasteiger partial charge in [-0.2, -0.15) is 0 Å². The highest BCUT2D eigenvalue weighted by Gasteiger charge is 2.40. The molecular weight excluding hydrogens is 332 g/mol. The molecule has 0 aromatic rings. The van der Waals surface area contributed by atoms with E-state index in [1.165, 1.54) is 0 Å². The summed E-state index contributed by atoms with van der Waals surface area (Å²) in [6, 6.07) is 0. The minimum Gasteiger partial charge on any atom is -0.295 e. The highest BCUT2D eigenvalue weighted by molar-refractivity contribution is 5.96. The maximum atomic E-state index is 13.3. The van der Waals surface area contributed by atoms with E-state index in [0.29, 0.717) is 36.8 Å². The summed E-state index contributed by atoms with van der Waals surface area (Å²) in [5, 5.41) is 0. The second-order valence-electron chi connectivity index (χ2n) is 6.73. The van der Waals surface area contributed by atoms with E-state index in [1.807, 2.05) is 13.8 Å². The van der Waals surface area contributed by atoms with Gasteiger partial charge in [0.05, 0.1) is 0 Å². The quantitative estimate of drug-likeness (QED) is 0.167. The van der Waals surface area contributed by atoms with Gasteiger partial charge in [0.2, 0.25) is 0 Å². The van der Waals surface area contributed by atoms with Crippen LogP contribution in [0.3, 0.4) is 0 Å². The predicted octanol–water partition coefficient (Wildman–Crippen LogP) is 7.49. The number of Topliss-reactive ketones (excluding diaryl/α,β-unsaturated/α-hetero) is 1. The number of rotatable bonds is 15. The summed E-state index contributed by atoms with van der Waals surface area (Å²) in [7, 11) is 0. The van der Waals surface area contributed by atoms with Gasteiger partial charge in [0, 0.05) is 12.8 Å². The van der Waals surface area contributed by atoms with Crippen LogP contribution in [0.2, 0.25) is 0 Å². The summed E-state index contributed by atoms with van der Waals surface area (Å²) in [5.74, 6) is -3.97. The normalized spacial score (nSPS) is 13.3. The first-order valence-corrected chi connectivity index (χ1v) is 9.70. The number of hydrogen-bond donors (Lipinski definition) is 0. The van der Waals surface area contributed by atoms with Crippen LogP contribution in [0.4, 0.5) is 17.6 Å². The minimum atomic E-state index is -3.99. The standard InChI is InChI=1S/C20H34F4O/c1-4-7-8-9-10-13-18(25)17(12-6-3)16(11-5-2)14-15-20(23,24)19(21)22/h19H,4-15H2,1-3H3/b17-16-. The van der Waals surface area contributed by atoms with E-state index >= 15 is 0 Å². The summed E-state index contributed by atoms with van der Waals surface area (Å²) in [6.45, 7) is 5.97. The van der Waals surface area contributed by atoms with Crippen molar-refractivity contribution in [2.24, 2.45) is 0 Å². The fourth-order valence-corrected chi connectivity index (χ4v) is 2.96. The van der Waals surface area contributed by atoms with Gasteiger partial charge in [-0.05, 0) is 31.3 Å². The maximum absolute atomic E-state index is 13.3. The van der Waals surface area contributed by atoms with Gasteiger partial charge in [-0.25, -0.2) is 17.6 Å². The van der Waals surface area contributed by atoms with Crippen LogP contribution in [-0.2, 0) is 4.79 Å². The SMILES string of the molecule is CCCCCCCC(=O)/C(CCC)=C(/CCC)CCC(F)(F)C(F)F. The number of alkyl halides is 4. The summed E-state index contributed by atoms with van der Waals surface area (Å²) in [4.78, 5) is 12.5. The van der Waals surface area contributed by atoms with Crippen LogP contribution in [-0.4, -0.2) is 18.1 Å². The molecule has 5 heteroatoms. The number of carbonyl (C=O) groups is 1. The first-order chi connectivity index (χ1) is 11.8. The number of halogens is 4. The van der Waals surface area contributed by atoms with Gasteiger partial charge >= 0.3 is 12.3 Å². The third kappa shape index (κ3) is 10.0. The number of unbranched alkanes of at least 4 members (excludes halogenated alkanes) is 4. The van der Waals surface area contributed by atoms with E-state index in [4.69, 9.17) is 0 Å². The van der Waals surface area contributed by atoms with Gasteiger partial charge in [-0.3, -0.25) is 4.79 Å². The van der Waals surface area contributed by atoms with Crippen LogP contribution in [0.5, 0.6) is 0 Å². The van der Waals surface area contributed by atoms with Gasteiger partial charge < -0.3 is 0 Å². The first-order valence-electron chi connectivity index (χ1n) is 9.70. The Bertz CT molecular complexity index is 403. The molecule has 0 atom stereocenters. The van der Waals surface area contributed by atoms with E-state index in [1.54, 1.807) is 0 Å². The molecule has 0 spiro atoms. The Labute approximate surface area is 150 Å². The first kappa shape index (κ1) is 24.1. The van der Waals surface area contributed by atoms with Crippen LogP contribution in [0.25, 0.3) is 0 Å². The fourth-order valence-electron chi connectivity index (χ4n) is 2.96. The average molecular weight is 366 g/mol. The van der Waals surface area contributed by atoms with E-state index in [-0.39, 0.29) is 12.2 Å². The molecule has 0 aliphatic rings. The summed E-state index contributed by atoms with van der Waals surface area (Å²) in [5.41, 5.74) is 1.27. The third-order valence-corrected chi connectivity index (χ3v) is 4.40. The molecule has 148 valence electrons. The predicted molar refractivity (Wildman–Crippen MR) is 95.4 cm³/mol. The molecule has 0 aliphatic heterocycles. The lowest BCUT2D eigenvalue weighted by atomic mass is 9.90. The van der Waals surface area contributed by atoms with Gasteiger partial charge in [0.1, 0.15) is 0 Å². The van der Waals surface area contributed by atoms with Crippen molar-refractivity contribution in [1.82, 2.24) is 0 Å². The van der Waals surface area contributed by atoms with E-state index < -0.39 is 18.8 Å². The Hall–Kier alpha value is -0.870. The molecule has 0 rings (SSSR count). The van der Waals surface area contributed by atoms with Crippen LogP contribution in [0, 0.1) is 0 Å². The molecule has 25 heavy (non-hydrogen) atoms. The second-order valence-corrected chi connectivity index (χ2v) is 6.73. The average Bonchev–Trinajstić information content (AvgIpc) is 2.56. The van der Waals surface area contributed by atoms with E-state index in [9.17, 15) is 22.4 Å². The zero-order chi connectivity index (χ0) is 19.3. The molecule has 0 amide bonds. The van der Waals surface area contributed by atoms with Crippen molar-refractivity contribution < 1.29 is 22.4 Å². The fraction of sp³-hybridized carbons (Fsp3) is 0.850. The van der Waals surface area contributed by atoms with Crippen LogP contribution in [0.1, 0.15) is 97.8 Å². The highest BCUT2D eigenvalue weighted by Crippen LogP contribution is 2.32. The Morgan fingerprint density at radius 1 is 0.800 bits per heavy atom. The number of allylic oxidation sites excluding steroid dienone is 2. The van der Waals surface area contributed by atoms with E-state index in [0.717, 1.165) is 38.5 Å². The highest BCUT2D eigenvalue weighted by atomic mass is 19.3. The Morgan fingerprint density at radius 3 is 1.92 bits per heavy atom. The molecule has 0 N–H and O–H groups in total. The monoisotopic (exact) mass is 366 g/mol. The topological polar surface area (TPSA) is 17.1 Å². The molecule has 1 nitrogen and oxygen atoms in total. The zero-order valence-corrected chi connectivity index (χ0v) is 16.0. The van der Waals surface area contributed by atoms with Gasteiger partial charge in [0.15, 0.2) is 5.78 Å². The molecule has 0 saturated carbocycles. The van der Waals surface area contributed by atoms with Gasteiger partial charge in [-0.15, -0.1) is 0 Å². The Morgan fingerprint density at radius 2 is 1.40 bits per heavy atom. The number of hydrogen-bond acceptors (Lipinski definition) is 1. The Kier molecular flexibility index (Phi) is 12.9. The molecule has 0 fully saturated rings. The second kappa shape index (κ2) is 13.3. The summed E-state index contributed by atoms with van der Waals surface area (Å²) < 4.78 is 51.3. The summed E-state index contributed by atoms with van der Waals surface area (Å²) in [6.07, 6.45) is 3.46. The van der Waals surface area contributed by atoms with Crippen LogP contribution < -0.4 is 0 Å². The van der Waals surface area contributed by atoms with Crippen molar-refractivity contribution >= 4 is 5.78 Å². The van der Waals surface area contributed by atoms with Crippen molar-refractivity contribution in [3.63, 3.8) is 0 Å². The lowest BCUT2D eigenvalue weighted by Gasteiger charge is -2.19. The van der Waals surface area contributed by atoms with Gasteiger partial charge in [-0.1, -0.05) is 64.9 Å². The van der Waals surface area contributed by atoms with Crippen LogP contribution >= 0.6 is 0 Å². The molecule has 0 unspecified atom stereocenters. The summed E-state index contributed by atoms with van der Waals surface area (Å²) >= 11 is 0. The molecule has 0 heterocycles. The number of carbonyl (C=O) groups excluding carboxylic acids is 1. The van der Waals surface area contributed by atoms with Gasteiger partial charge in [0.25, 0.3) is 0 Å². The molecule has 0 bridgehead atoms. The van der Waals surface area contributed by atoms with Crippen molar-refractivity contribution in [1.29, 1.82) is 0 Å². The minimum absolute atomic E-state index is 0.0159. The lowest BCUT2D eigenvalue weighted by Crippen LogP contribution is -2.26. The molecule has 0 aromatic heterocycles. The largest absolute Gasteiger partial charge is 0.307 e. The van der Waals surface area contributed by atoms with Crippen molar-refractivity contribution in [2.75, 3.05) is 0 Å². The zero-order valence-electron chi connectivity index (χ0n) is 16.0. The molecule has 0 aliphatic carbocycles. The van der Waals surface area contributed by atoms with E-state index in [2.05, 4.69) is 6.92 Å². The van der Waals surface area contributed by atoms with Crippen molar-refractivity contribution in [3.05, 3.63) is 11.1 Å². The lowest BCUT2D eigenvalue weighted by molar-refractivity contribution is -0.132.